The van der Waals surface area contributed by atoms with Crippen LogP contribution in [0.1, 0.15) is 29.2 Å². The highest BCUT2D eigenvalue weighted by Crippen LogP contribution is 2.30. The highest BCUT2D eigenvalue weighted by molar-refractivity contribution is 9.10. The third-order valence-electron chi connectivity index (χ3n) is 3.39. The summed E-state index contributed by atoms with van der Waals surface area (Å²) >= 11 is 3.41. The number of aliphatic hydroxyl groups is 1. The molecule has 106 valence electrons. The van der Waals surface area contributed by atoms with E-state index in [2.05, 4.69) is 22.0 Å². The fourth-order valence-corrected chi connectivity index (χ4v) is 2.82. The molecule has 3 heteroatoms. The Morgan fingerprint density at radius 2 is 1.70 bits per heavy atom. The number of rotatable bonds is 3. The molecule has 0 aliphatic rings. The maximum atomic E-state index is 13.4. The van der Waals surface area contributed by atoms with Crippen molar-refractivity contribution in [1.29, 1.82) is 0 Å². The Kier molecular flexibility index (Phi) is 4.31. The number of hydrogen-bond acceptors (Lipinski definition) is 1. The zero-order chi connectivity index (χ0) is 14.9. The van der Waals surface area contributed by atoms with Crippen LogP contribution in [0.4, 0.5) is 4.39 Å². The van der Waals surface area contributed by atoms with Gasteiger partial charge in [-0.25, -0.2) is 4.39 Å². The summed E-state index contributed by atoms with van der Waals surface area (Å²) in [5.41, 5.74) is 2.80. The van der Waals surface area contributed by atoms with Crippen molar-refractivity contribution >= 4 is 15.9 Å². The fraction of sp³-hybridized carbons (Fsp3) is 0.294. The van der Waals surface area contributed by atoms with Crippen LogP contribution < -0.4 is 0 Å². The molecule has 1 N–H and O–H groups in total. The molecule has 2 aromatic carbocycles. The van der Waals surface area contributed by atoms with Gasteiger partial charge < -0.3 is 5.11 Å². The second-order valence-corrected chi connectivity index (χ2v) is 6.42. The lowest BCUT2D eigenvalue weighted by atomic mass is 9.87. The molecule has 20 heavy (non-hydrogen) atoms. The molecule has 0 bridgehead atoms. The van der Waals surface area contributed by atoms with Crippen LogP contribution in [0.5, 0.6) is 0 Å². The van der Waals surface area contributed by atoms with Crippen LogP contribution in [0.2, 0.25) is 0 Å². The fourth-order valence-electron chi connectivity index (χ4n) is 2.44. The molecule has 2 rings (SSSR count). The number of halogens is 2. The van der Waals surface area contributed by atoms with E-state index < -0.39 is 5.60 Å². The molecule has 0 fully saturated rings. The second kappa shape index (κ2) is 5.66. The minimum Gasteiger partial charge on any atom is -0.385 e. The van der Waals surface area contributed by atoms with Crippen molar-refractivity contribution in [3.8, 4) is 0 Å². The first-order chi connectivity index (χ1) is 9.28. The predicted octanol–water partition coefficient (Wildman–Crippen LogP) is 4.66. The van der Waals surface area contributed by atoms with E-state index in [1.54, 1.807) is 13.0 Å². The van der Waals surface area contributed by atoms with E-state index in [0.717, 1.165) is 26.7 Å². The zero-order valence-corrected chi connectivity index (χ0v) is 13.5. The van der Waals surface area contributed by atoms with Crippen molar-refractivity contribution in [3.05, 3.63) is 68.9 Å². The Labute approximate surface area is 127 Å². The molecular formula is C17H18BrFO. The largest absolute Gasteiger partial charge is 0.385 e. The summed E-state index contributed by atoms with van der Waals surface area (Å²) in [5.74, 6) is -0.292. The normalized spacial score (nSPS) is 14.1. The molecule has 0 aliphatic carbocycles. The maximum absolute atomic E-state index is 13.4. The molecule has 1 nitrogen and oxygen atoms in total. The van der Waals surface area contributed by atoms with Crippen molar-refractivity contribution in [2.45, 2.75) is 32.8 Å². The summed E-state index contributed by atoms with van der Waals surface area (Å²) in [7, 11) is 0. The third-order valence-corrected chi connectivity index (χ3v) is 4.16. The smallest absolute Gasteiger partial charge is 0.123 e. The minimum atomic E-state index is -1.03. The van der Waals surface area contributed by atoms with E-state index >= 15 is 0 Å². The third kappa shape index (κ3) is 3.47. The molecule has 2 aromatic rings. The standard InChI is InChI=1S/C17H18BrFO/c1-11-6-12(2)8-14(7-11)17(3,20)10-13-9-15(19)4-5-16(13)18/h4-9,20H,10H2,1-3H3. The molecule has 1 atom stereocenters. The summed E-state index contributed by atoms with van der Waals surface area (Å²) in [6, 6.07) is 10.5. The van der Waals surface area contributed by atoms with Gasteiger partial charge in [-0.2, -0.15) is 0 Å². The van der Waals surface area contributed by atoms with Gasteiger partial charge in [0.05, 0.1) is 5.60 Å². The van der Waals surface area contributed by atoms with Crippen LogP contribution in [0.25, 0.3) is 0 Å². The summed E-state index contributed by atoms with van der Waals surface area (Å²) in [6.45, 7) is 5.77. The van der Waals surface area contributed by atoms with Gasteiger partial charge in [0.15, 0.2) is 0 Å². The minimum absolute atomic E-state index is 0.292. The van der Waals surface area contributed by atoms with Crippen molar-refractivity contribution in [1.82, 2.24) is 0 Å². The lowest BCUT2D eigenvalue weighted by molar-refractivity contribution is 0.0573. The van der Waals surface area contributed by atoms with Gasteiger partial charge >= 0.3 is 0 Å². The van der Waals surface area contributed by atoms with Gasteiger partial charge in [0, 0.05) is 10.9 Å². The summed E-state index contributed by atoms with van der Waals surface area (Å²) < 4.78 is 14.2. The molecule has 0 aromatic heterocycles. The van der Waals surface area contributed by atoms with E-state index in [1.807, 2.05) is 26.0 Å². The molecule has 0 amide bonds. The van der Waals surface area contributed by atoms with Crippen LogP contribution in [-0.4, -0.2) is 5.11 Å². The molecule has 0 radical (unpaired) electrons. The Bertz CT molecular complexity index is 615. The molecule has 0 saturated carbocycles. The van der Waals surface area contributed by atoms with Crippen molar-refractivity contribution in [2.24, 2.45) is 0 Å². The van der Waals surface area contributed by atoms with E-state index in [9.17, 15) is 9.50 Å². The molecule has 0 spiro atoms. The van der Waals surface area contributed by atoms with Crippen LogP contribution in [0.3, 0.4) is 0 Å². The van der Waals surface area contributed by atoms with Crippen LogP contribution >= 0.6 is 15.9 Å². The van der Waals surface area contributed by atoms with Gasteiger partial charge in [0.1, 0.15) is 5.82 Å². The van der Waals surface area contributed by atoms with E-state index in [-0.39, 0.29) is 5.82 Å². The summed E-state index contributed by atoms with van der Waals surface area (Å²) in [4.78, 5) is 0. The van der Waals surface area contributed by atoms with Crippen LogP contribution in [-0.2, 0) is 12.0 Å². The molecular weight excluding hydrogens is 319 g/mol. The molecule has 0 aliphatic heterocycles. The first-order valence-electron chi connectivity index (χ1n) is 6.53. The van der Waals surface area contributed by atoms with Crippen LogP contribution in [0, 0.1) is 19.7 Å². The van der Waals surface area contributed by atoms with Crippen LogP contribution in [0.15, 0.2) is 40.9 Å². The highest BCUT2D eigenvalue weighted by Gasteiger charge is 2.25. The molecule has 0 heterocycles. The van der Waals surface area contributed by atoms with Gasteiger partial charge in [0.2, 0.25) is 0 Å². The number of hydrogen-bond donors (Lipinski definition) is 1. The Balaban J connectivity index is 2.37. The Morgan fingerprint density at radius 1 is 1.10 bits per heavy atom. The number of aryl methyl sites for hydroxylation is 2. The predicted molar refractivity (Wildman–Crippen MR) is 83.3 cm³/mol. The van der Waals surface area contributed by atoms with Gasteiger partial charge in [-0.3, -0.25) is 0 Å². The SMILES string of the molecule is Cc1cc(C)cc(C(C)(O)Cc2cc(F)ccc2Br)c1. The van der Waals surface area contributed by atoms with Gasteiger partial charge in [0.25, 0.3) is 0 Å². The van der Waals surface area contributed by atoms with Gasteiger partial charge in [-0.1, -0.05) is 45.3 Å². The maximum Gasteiger partial charge on any atom is 0.123 e. The summed E-state index contributed by atoms with van der Waals surface area (Å²) in [6.07, 6.45) is 0.355. The average Bonchev–Trinajstić information content (AvgIpc) is 2.32. The monoisotopic (exact) mass is 336 g/mol. The van der Waals surface area contributed by atoms with Crippen molar-refractivity contribution in [2.75, 3.05) is 0 Å². The number of benzene rings is 2. The first kappa shape index (κ1) is 15.2. The van der Waals surface area contributed by atoms with E-state index in [0.29, 0.717) is 6.42 Å². The topological polar surface area (TPSA) is 20.2 Å². The van der Waals surface area contributed by atoms with Crippen molar-refractivity contribution < 1.29 is 9.50 Å². The van der Waals surface area contributed by atoms with Gasteiger partial charge in [-0.15, -0.1) is 0 Å². The second-order valence-electron chi connectivity index (χ2n) is 5.56. The molecule has 0 saturated heterocycles. The lowest BCUT2D eigenvalue weighted by Crippen LogP contribution is -2.24. The van der Waals surface area contributed by atoms with E-state index in [4.69, 9.17) is 0 Å². The average molecular weight is 337 g/mol. The molecule has 1 unspecified atom stereocenters. The Morgan fingerprint density at radius 3 is 2.30 bits per heavy atom. The Hall–Kier alpha value is -1.19. The summed E-state index contributed by atoms with van der Waals surface area (Å²) in [5, 5.41) is 10.8. The van der Waals surface area contributed by atoms with Crippen molar-refractivity contribution in [3.63, 3.8) is 0 Å². The van der Waals surface area contributed by atoms with E-state index in [1.165, 1.54) is 12.1 Å². The lowest BCUT2D eigenvalue weighted by Gasteiger charge is -2.25. The highest BCUT2D eigenvalue weighted by atomic mass is 79.9. The first-order valence-corrected chi connectivity index (χ1v) is 7.32. The zero-order valence-electron chi connectivity index (χ0n) is 11.9. The van der Waals surface area contributed by atoms with Gasteiger partial charge in [-0.05, 0) is 50.1 Å². The quantitative estimate of drug-likeness (QED) is 0.864.